The zero-order valence-electron chi connectivity index (χ0n) is 15.7. The third-order valence-electron chi connectivity index (χ3n) is 4.96. The molecule has 1 unspecified atom stereocenters. The summed E-state index contributed by atoms with van der Waals surface area (Å²) in [5, 5.41) is 7.87. The van der Waals surface area contributed by atoms with Crippen LogP contribution < -0.4 is 0 Å². The van der Waals surface area contributed by atoms with E-state index < -0.39 is 5.41 Å². The van der Waals surface area contributed by atoms with Gasteiger partial charge in [-0.25, -0.2) is 0 Å². The minimum absolute atomic E-state index is 0.0521. The molecule has 1 aliphatic rings. The van der Waals surface area contributed by atoms with Gasteiger partial charge in [0.15, 0.2) is 5.82 Å². The number of likely N-dealkylation sites (N-methyl/N-ethyl adjacent to an activating group) is 1. The number of hydrogen-bond donors (Lipinski definition) is 0. The van der Waals surface area contributed by atoms with Gasteiger partial charge in [0.05, 0.1) is 11.1 Å². The van der Waals surface area contributed by atoms with E-state index >= 15 is 0 Å². The topological polar surface area (TPSA) is 88.5 Å². The van der Waals surface area contributed by atoms with Gasteiger partial charge in [0.25, 0.3) is 0 Å². The number of carbonyl (C=O) groups excluding carboxylic acids is 1. The van der Waals surface area contributed by atoms with E-state index in [1.54, 1.807) is 6.92 Å². The standard InChI is InChI=1S/C17H25N5O3/c1-10-14(11(2)24-19-10)17(4,5)16(23)22-8-7-21(6)13(9-22)15-18-12(3)20-25-15/h13H,7-9H2,1-6H3. The Kier molecular flexibility index (Phi) is 4.40. The molecule has 0 spiro atoms. The molecular formula is C17H25N5O3. The highest BCUT2D eigenvalue weighted by molar-refractivity contribution is 5.88. The van der Waals surface area contributed by atoms with Crippen molar-refractivity contribution < 1.29 is 13.8 Å². The van der Waals surface area contributed by atoms with Crippen LogP contribution in [0.25, 0.3) is 0 Å². The number of carbonyl (C=O) groups is 1. The van der Waals surface area contributed by atoms with E-state index in [1.165, 1.54) is 0 Å². The fourth-order valence-corrected chi connectivity index (χ4v) is 3.65. The van der Waals surface area contributed by atoms with E-state index in [0.29, 0.717) is 30.6 Å². The molecule has 2 aromatic heterocycles. The second-order valence-electron chi connectivity index (χ2n) is 7.25. The quantitative estimate of drug-likeness (QED) is 0.836. The summed E-state index contributed by atoms with van der Waals surface area (Å²) in [6.45, 7) is 11.3. The summed E-state index contributed by atoms with van der Waals surface area (Å²) >= 11 is 0. The van der Waals surface area contributed by atoms with Gasteiger partial charge in [0, 0.05) is 25.2 Å². The van der Waals surface area contributed by atoms with Gasteiger partial charge in [-0.15, -0.1) is 0 Å². The lowest BCUT2D eigenvalue weighted by atomic mass is 9.81. The van der Waals surface area contributed by atoms with E-state index in [-0.39, 0.29) is 11.9 Å². The first-order valence-electron chi connectivity index (χ1n) is 8.45. The molecule has 8 heteroatoms. The Morgan fingerprint density at radius 2 is 1.88 bits per heavy atom. The van der Waals surface area contributed by atoms with E-state index in [2.05, 4.69) is 20.2 Å². The first kappa shape index (κ1) is 17.6. The van der Waals surface area contributed by atoms with Crippen molar-refractivity contribution in [2.75, 3.05) is 26.7 Å². The molecule has 1 amide bonds. The van der Waals surface area contributed by atoms with E-state index in [4.69, 9.17) is 9.05 Å². The fraction of sp³-hybridized carbons (Fsp3) is 0.647. The molecule has 136 valence electrons. The zero-order valence-corrected chi connectivity index (χ0v) is 15.7. The number of hydrogen-bond acceptors (Lipinski definition) is 7. The Hall–Kier alpha value is -2.22. The maximum absolute atomic E-state index is 13.3. The van der Waals surface area contributed by atoms with Gasteiger partial charge in [0.2, 0.25) is 11.8 Å². The van der Waals surface area contributed by atoms with Gasteiger partial charge >= 0.3 is 0 Å². The van der Waals surface area contributed by atoms with Gasteiger partial charge in [0.1, 0.15) is 11.8 Å². The minimum atomic E-state index is -0.709. The predicted molar refractivity (Wildman–Crippen MR) is 90.0 cm³/mol. The molecule has 0 bridgehead atoms. The van der Waals surface area contributed by atoms with Crippen molar-refractivity contribution in [3.05, 3.63) is 28.7 Å². The summed E-state index contributed by atoms with van der Waals surface area (Å²) in [5.74, 6) is 1.89. The lowest BCUT2D eigenvalue weighted by Crippen LogP contribution is -2.53. The van der Waals surface area contributed by atoms with Gasteiger partial charge in [-0.05, 0) is 41.7 Å². The molecule has 0 saturated carbocycles. The molecule has 1 saturated heterocycles. The summed E-state index contributed by atoms with van der Waals surface area (Å²) < 4.78 is 10.6. The van der Waals surface area contributed by atoms with Crippen LogP contribution in [-0.2, 0) is 10.2 Å². The summed E-state index contributed by atoms with van der Waals surface area (Å²) in [5.41, 5.74) is 0.912. The number of amides is 1. The number of piperazine rings is 1. The Bertz CT molecular complexity index is 760. The van der Waals surface area contributed by atoms with Crippen molar-refractivity contribution in [1.29, 1.82) is 0 Å². The highest BCUT2D eigenvalue weighted by Gasteiger charge is 2.41. The molecule has 3 heterocycles. The minimum Gasteiger partial charge on any atom is -0.361 e. The third-order valence-corrected chi connectivity index (χ3v) is 4.96. The molecule has 1 atom stereocenters. The van der Waals surface area contributed by atoms with Gasteiger partial charge in [-0.1, -0.05) is 10.3 Å². The molecule has 2 aromatic rings. The van der Waals surface area contributed by atoms with E-state index in [1.807, 2.05) is 39.6 Å². The zero-order chi connectivity index (χ0) is 18.4. The second-order valence-corrected chi connectivity index (χ2v) is 7.25. The van der Waals surface area contributed by atoms with Crippen molar-refractivity contribution in [2.45, 2.75) is 46.1 Å². The maximum Gasteiger partial charge on any atom is 0.245 e. The number of aromatic nitrogens is 3. The average molecular weight is 347 g/mol. The predicted octanol–water partition coefficient (Wildman–Crippen LogP) is 1.78. The summed E-state index contributed by atoms with van der Waals surface area (Å²) in [6.07, 6.45) is 0. The maximum atomic E-state index is 13.3. The molecule has 8 nitrogen and oxygen atoms in total. The molecule has 1 fully saturated rings. The summed E-state index contributed by atoms with van der Waals surface area (Å²) in [6, 6.07) is -0.0978. The number of rotatable bonds is 3. The van der Waals surface area contributed by atoms with Crippen LogP contribution in [-0.4, -0.2) is 57.7 Å². The summed E-state index contributed by atoms with van der Waals surface area (Å²) in [7, 11) is 2.01. The lowest BCUT2D eigenvalue weighted by Gasteiger charge is -2.40. The van der Waals surface area contributed by atoms with Crippen molar-refractivity contribution >= 4 is 5.91 Å². The number of nitrogens with zero attached hydrogens (tertiary/aromatic N) is 5. The monoisotopic (exact) mass is 347 g/mol. The van der Waals surface area contributed by atoms with Gasteiger partial charge < -0.3 is 13.9 Å². The number of aryl methyl sites for hydroxylation is 3. The van der Waals surface area contributed by atoms with Crippen molar-refractivity contribution in [3.8, 4) is 0 Å². The molecule has 1 aliphatic heterocycles. The Labute approximate surface area is 147 Å². The van der Waals surface area contributed by atoms with Gasteiger partial charge in [-0.2, -0.15) is 4.98 Å². The van der Waals surface area contributed by atoms with Crippen LogP contribution in [0.2, 0.25) is 0 Å². The lowest BCUT2D eigenvalue weighted by molar-refractivity contribution is -0.139. The SMILES string of the molecule is Cc1noc(C2CN(C(=O)C(C)(C)c3c(C)noc3C)CCN2C)n1. The van der Waals surface area contributed by atoms with Crippen LogP contribution >= 0.6 is 0 Å². The largest absolute Gasteiger partial charge is 0.361 e. The Morgan fingerprint density at radius 3 is 2.44 bits per heavy atom. The average Bonchev–Trinajstić information content (AvgIpc) is 3.13. The molecule has 25 heavy (non-hydrogen) atoms. The van der Waals surface area contributed by atoms with E-state index in [0.717, 1.165) is 17.8 Å². The molecule has 0 aromatic carbocycles. The van der Waals surface area contributed by atoms with Crippen LogP contribution in [0.4, 0.5) is 0 Å². The summed E-state index contributed by atoms with van der Waals surface area (Å²) in [4.78, 5) is 21.6. The van der Waals surface area contributed by atoms with Crippen LogP contribution in [0.5, 0.6) is 0 Å². The third kappa shape index (κ3) is 3.06. The molecule has 3 rings (SSSR count). The first-order chi connectivity index (χ1) is 11.7. The second kappa shape index (κ2) is 6.25. The van der Waals surface area contributed by atoms with Crippen LogP contribution in [0.3, 0.4) is 0 Å². The Morgan fingerprint density at radius 1 is 1.16 bits per heavy atom. The normalized spacial score (nSPS) is 19.4. The molecule has 0 radical (unpaired) electrons. The van der Waals surface area contributed by atoms with Crippen LogP contribution in [0.1, 0.15) is 48.6 Å². The van der Waals surface area contributed by atoms with Crippen LogP contribution in [0.15, 0.2) is 9.05 Å². The highest BCUT2D eigenvalue weighted by atomic mass is 16.5. The van der Waals surface area contributed by atoms with Gasteiger partial charge in [-0.3, -0.25) is 9.69 Å². The molecular weight excluding hydrogens is 322 g/mol. The van der Waals surface area contributed by atoms with Crippen molar-refractivity contribution in [2.24, 2.45) is 0 Å². The fourth-order valence-electron chi connectivity index (χ4n) is 3.65. The highest BCUT2D eigenvalue weighted by Crippen LogP contribution is 2.33. The smallest absolute Gasteiger partial charge is 0.245 e. The van der Waals surface area contributed by atoms with E-state index in [9.17, 15) is 4.79 Å². The Balaban J connectivity index is 1.84. The molecule has 0 N–H and O–H groups in total. The van der Waals surface area contributed by atoms with Crippen LogP contribution in [0, 0.1) is 20.8 Å². The molecule has 0 aliphatic carbocycles. The first-order valence-corrected chi connectivity index (χ1v) is 8.45. The van der Waals surface area contributed by atoms with Crippen molar-refractivity contribution in [1.82, 2.24) is 25.1 Å². The van der Waals surface area contributed by atoms with Crippen molar-refractivity contribution in [3.63, 3.8) is 0 Å².